The van der Waals surface area contributed by atoms with Crippen LogP contribution in [-0.4, -0.2) is 69.3 Å². The van der Waals surface area contributed by atoms with Crippen LogP contribution in [-0.2, 0) is 10.0 Å². The largest absolute Gasteiger partial charge is 0.459 e. The Labute approximate surface area is 178 Å². The summed E-state index contributed by atoms with van der Waals surface area (Å²) in [7, 11) is -3.64. The van der Waals surface area contributed by atoms with Gasteiger partial charge < -0.3 is 19.5 Å². The standard InChI is InChI=1S/C21H30N4O4S/c1-4-23-11-13-24(14-12-23)19-10-9-17(30(27,28)25(5-2)6-3)16-18(19)22-21(26)20-8-7-15-29-20/h7-10,15-16H,4-6,11-14H2,1-3H3,(H,22,26). The predicted octanol–water partition coefficient (Wildman–Crippen LogP) is 2.70. The highest BCUT2D eigenvalue weighted by molar-refractivity contribution is 7.89. The molecule has 0 radical (unpaired) electrons. The molecule has 0 saturated carbocycles. The fourth-order valence-corrected chi connectivity index (χ4v) is 5.15. The minimum Gasteiger partial charge on any atom is -0.459 e. The molecule has 2 aromatic rings. The molecule has 0 spiro atoms. The molecule has 9 heteroatoms. The van der Waals surface area contributed by atoms with Gasteiger partial charge in [-0.05, 0) is 36.9 Å². The predicted molar refractivity (Wildman–Crippen MR) is 118 cm³/mol. The minimum atomic E-state index is -3.64. The Balaban J connectivity index is 1.96. The Bertz CT molecular complexity index is 947. The maximum absolute atomic E-state index is 13.0. The zero-order valence-corrected chi connectivity index (χ0v) is 18.6. The van der Waals surface area contributed by atoms with E-state index in [1.807, 2.05) is 13.8 Å². The van der Waals surface area contributed by atoms with E-state index in [-0.39, 0.29) is 10.7 Å². The first kappa shape index (κ1) is 22.3. The highest BCUT2D eigenvalue weighted by Gasteiger charge is 2.25. The zero-order chi connectivity index (χ0) is 21.7. The van der Waals surface area contributed by atoms with Crippen LogP contribution in [0.2, 0.25) is 0 Å². The van der Waals surface area contributed by atoms with Crippen LogP contribution >= 0.6 is 0 Å². The number of anilines is 2. The lowest BCUT2D eigenvalue weighted by Crippen LogP contribution is -2.46. The van der Waals surface area contributed by atoms with Crippen LogP contribution in [0.25, 0.3) is 0 Å². The van der Waals surface area contributed by atoms with Gasteiger partial charge in [0.2, 0.25) is 10.0 Å². The number of sulfonamides is 1. The first-order valence-electron chi connectivity index (χ1n) is 10.4. The first-order valence-corrected chi connectivity index (χ1v) is 11.8. The van der Waals surface area contributed by atoms with Crippen molar-refractivity contribution in [1.82, 2.24) is 9.21 Å². The summed E-state index contributed by atoms with van der Waals surface area (Å²) in [6.07, 6.45) is 1.43. The molecule has 3 rings (SSSR count). The maximum Gasteiger partial charge on any atom is 0.291 e. The summed E-state index contributed by atoms with van der Waals surface area (Å²) < 4.78 is 32.6. The number of carbonyl (C=O) groups is 1. The van der Waals surface area contributed by atoms with Crippen LogP contribution in [0, 0.1) is 0 Å². The molecule has 8 nitrogen and oxygen atoms in total. The summed E-state index contributed by atoms with van der Waals surface area (Å²) in [5, 5.41) is 2.85. The third kappa shape index (κ3) is 4.69. The Hall–Kier alpha value is -2.36. The molecule has 0 bridgehead atoms. The molecule has 30 heavy (non-hydrogen) atoms. The fourth-order valence-electron chi connectivity index (χ4n) is 3.66. The number of likely N-dealkylation sites (N-methyl/N-ethyl adjacent to an activating group) is 1. The lowest BCUT2D eigenvalue weighted by atomic mass is 10.2. The molecular weight excluding hydrogens is 404 g/mol. The third-order valence-electron chi connectivity index (χ3n) is 5.46. The van der Waals surface area contributed by atoms with E-state index >= 15 is 0 Å². The number of amides is 1. The van der Waals surface area contributed by atoms with Gasteiger partial charge in [-0.3, -0.25) is 4.79 Å². The van der Waals surface area contributed by atoms with Crippen molar-refractivity contribution in [2.75, 3.05) is 56.0 Å². The Morgan fingerprint density at radius 1 is 1.10 bits per heavy atom. The number of carbonyl (C=O) groups excluding carboxylic acids is 1. The molecule has 1 amide bonds. The molecule has 1 fully saturated rings. The molecule has 1 aromatic heterocycles. The van der Waals surface area contributed by atoms with Gasteiger partial charge in [0.1, 0.15) is 0 Å². The SMILES string of the molecule is CCN1CCN(c2ccc(S(=O)(=O)N(CC)CC)cc2NC(=O)c2ccco2)CC1. The summed E-state index contributed by atoms with van der Waals surface area (Å²) in [6, 6.07) is 8.18. The van der Waals surface area contributed by atoms with Gasteiger partial charge in [-0.15, -0.1) is 0 Å². The first-order chi connectivity index (χ1) is 14.4. The summed E-state index contributed by atoms with van der Waals surface area (Å²) in [6.45, 7) is 11.0. The normalized spacial score (nSPS) is 15.5. The quantitative estimate of drug-likeness (QED) is 0.688. The summed E-state index contributed by atoms with van der Waals surface area (Å²) in [5.74, 6) is -0.236. The van der Waals surface area contributed by atoms with Gasteiger partial charge in [0.25, 0.3) is 5.91 Å². The number of rotatable bonds is 8. The van der Waals surface area contributed by atoms with Crippen molar-refractivity contribution in [2.24, 2.45) is 0 Å². The summed E-state index contributed by atoms with van der Waals surface area (Å²) in [4.78, 5) is 17.3. The highest BCUT2D eigenvalue weighted by Crippen LogP contribution is 2.31. The molecular formula is C21H30N4O4S. The summed E-state index contributed by atoms with van der Waals surface area (Å²) in [5.41, 5.74) is 1.28. The van der Waals surface area contributed by atoms with Gasteiger partial charge >= 0.3 is 0 Å². The van der Waals surface area contributed by atoms with Gasteiger partial charge in [0, 0.05) is 39.3 Å². The zero-order valence-electron chi connectivity index (χ0n) is 17.8. The lowest BCUT2D eigenvalue weighted by molar-refractivity contribution is 0.0996. The van der Waals surface area contributed by atoms with Crippen LogP contribution in [0.3, 0.4) is 0 Å². The van der Waals surface area contributed by atoms with Crippen molar-refractivity contribution in [3.05, 3.63) is 42.4 Å². The molecule has 2 heterocycles. The number of benzene rings is 1. The van der Waals surface area contributed by atoms with E-state index in [1.54, 1.807) is 30.3 Å². The summed E-state index contributed by atoms with van der Waals surface area (Å²) >= 11 is 0. The van der Waals surface area contributed by atoms with Crippen molar-refractivity contribution in [2.45, 2.75) is 25.7 Å². The molecule has 1 saturated heterocycles. The molecule has 0 atom stereocenters. The van der Waals surface area contributed by atoms with Gasteiger partial charge in [0.15, 0.2) is 5.76 Å². The van der Waals surface area contributed by atoms with Crippen LogP contribution in [0.4, 0.5) is 11.4 Å². The number of nitrogens with one attached hydrogen (secondary N) is 1. The van der Waals surface area contributed by atoms with Gasteiger partial charge in [-0.1, -0.05) is 20.8 Å². The van der Waals surface area contributed by atoms with Gasteiger partial charge in [-0.2, -0.15) is 4.31 Å². The topological polar surface area (TPSA) is 86.1 Å². The smallest absolute Gasteiger partial charge is 0.291 e. The van der Waals surface area contributed by atoms with Crippen molar-refractivity contribution in [3.63, 3.8) is 0 Å². The second-order valence-electron chi connectivity index (χ2n) is 7.12. The third-order valence-corrected chi connectivity index (χ3v) is 7.51. The minimum absolute atomic E-state index is 0.164. The maximum atomic E-state index is 13.0. The second kappa shape index (κ2) is 9.63. The van der Waals surface area contributed by atoms with Crippen LogP contribution in [0.15, 0.2) is 45.9 Å². The molecule has 1 aromatic carbocycles. The average molecular weight is 435 g/mol. The van der Waals surface area contributed by atoms with Crippen molar-refractivity contribution < 1.29 is 17.6 Å². The number of piperazine rings is 1. The Morgan fingerprint density at radius 3 is 2.37 bits per heavy atom. The second-order valence-corrected chi connectivity index (χ2v) is 9.06. The van der Waals surface area contributed by atoms with Gasteiger partial charge in [-0.25, -0.2) is 8.42 Å². The van der Waals surface area contributed by atoms with Crippen molar-refractivity contribution in [1.29, 1.82) is 0 Å². The number of hydrogen-bond donors (Lipinski definition) is 1. The number of furan rings is 1. The van der Waals surface area contributed by atoms with Crippen molar-refractivity contribution >= 4 is 27.3 Å². The molecule has 164 valence electrons. The van der Waals surface area contributed by atoms with E-state index in [0.29, 0.717) is 18.8 Å². The van der Waals surface area contributed by atoms with E-state index in [9.17, 15) is 13.2 Å². The Kier molecular flexibility index (Phi) is 7.17. The molecule has 0 unspecified atom stereocenters. The van der Waals surface area contributed by atoms with E-state index in [1.165, 1.54) is 10.6 Å². The van der Waals surface area contributed by atoms with E-state index in [0.717, 1.165) is 38.4 Å². The van der Waals surface area contributed by atoms with E-state index in [2.05, 4.69) is 22.0 Å². The molecule has 1 aliphatic rings. The fraction of sp³-hybridized carbons (Fsp3) is 0.476. The van der Waals surface area contributed by atoms with Crippen LogP contribution < -0.4 is 10.2 Å². The Morgan fingerprint density at radius 2 is 1.80 bits per heavy atom. The van der Waals surface area contributed by atoms with Crippen molar-refractivity contribution in [3.8, 4) is 0 Å². The lowest BCUT2D eigenvalue weighted by Gasteiger charge is -2.36. The van der Waals surface area contributed by atoms with E-state index < -0.39 is 15.9 Å². The monoisotopic (exact) mass is 434 g/mol. The average Bonchev–Trinajstić information content (AvgIpc) is 3.29. The van der Waals surface area contributed by atoms with Crippen LogP contribution in [0.1, 0.15) is 31.3 Å². The molecule has 1 N–H and O–H groups in total. The van der Waals surface area contributed by atoms with E-state index in [4.69, 9.17) is 4.42 Å². The molecule has 0 aliphatic carbocycles. The number of nitrogens with zero attached hydrogens (tertiary/aromatic N) is 3. The highest BCUT2D eigenvalue weighted by atomic mass is 32.2. The van der Waals surface area contributed by atoms with Gasteiger partial charge in [0.05, 0.1) is 22.5 Å². The van der Waals surface area contributed by atoms with Crippen LogP contribution in [0.5, 0.6) is 0 Å². The number of hydrogen-bond acceptors (Lipinski definition) is 6. The molecule has 1 aliphatic heterocycles.